The first-order chi connectivity index (χ1) is 7.83. The van der Waals surface area contributed by atoms with Gasteiger partial charge in [-0.1, -0.05) is 6.07 Å². The van der Waals surface area contributed by atoms with Gasteiger partial charge in [-0.2, -0.15) is 0 Å². The topological polar surface area (TPSA) is 50.9 Å². The molecule has 84 valence electrons. The van der Waals surface area contributed by atoms with Gasteiger partial charge >= 0.3 is 0 Å². The first kappa shape index (κ1) is 9.99. The molecular formula is C11H13N3OS. The Morgan fingerprint density at radius 2 is 2.44 bits per heavy atom. The molecule has 0 radical (unpaired) electrons. The molecule has 0 aromatic carbocycles. The van der Waals surface area contributed by atoms with Crippen LogP contribution in [0, 0.1) is 0 Å². The van der Waals surface area contributed by atoms with Crippen molar-refractivity contribution in [2.24, 2.45) is 0 Å². The second-order valence-corrected chi connectivity index (χ2v) is 5.12. The molecular weight excluding hydrogens is 222 g/mol. The summed E-state index contributed by atoms with van der Waals surface area (Å²) in [7, 11) is 0. The third-order valence-corrected chi connectivity index (χ3v) is 3.80. The molecule has 3 heterocycles. The number of rotatable bonds is 2. The van der Waals surface area contributed by atoms with Gasteiger partial charge < -0.3 is 9.67 Å². The van der Waals surface area contributed by atoms with Gasteiger partial charge in [-0.25, -0.2) is 0 Å². The third kappa shape index (κ3) is 1.76. The Morgan fingerprint density at radius 3 is 3.25 bits per heavy atom. The molecule has 1 aliphatic heterocycles. The summed E-state index contributed by atoms with van der Waals surface area (Å²) in [4.78, 5) is 1.31. The Balaban J connectivity index is 1.86. The maximum absolute atomic E-state index is 9.54. The zero-order valence-corrected chi connectivity index (χ0v) is 9.65. The van der Waals surface area contributed by atoms with Gasteiger partial charge in [-0.15, -0.1) is 21.5 Å². The van der Waals surface area contributed by atoms with Crippen molar-refractivity contribution < 1.29 is 5.11 Å². The van der Waals surface area contributed by atoms with Crippen molar-refractivity contribution in [3.63, 3.8) is 0 Å². The van der Waals surface area contributed by atoms with E-state index in [4.69, 9.17) is 0 Å². The summed E-state index contributed by atoms with van der Waals surface area (Å²) in [6.07, 6.45) is 2.05. The van der Waals surface area contributed by atoms with E-state index in [0.29, 0.717) is 6.42 Å². The number of aromatic nitrogens is 3. The van der Waals surface area contributed by atoms with Gasteiger partial charge in [0.15, 0.2) is 0 Å². The normalized spacial score (nSPS) is 19.7. The highest BCUT2D eigenvalue weighted by Crippen LogP contribution is 2.19. The summed E-state index contributed by atoms with van der Waals surface area (Å²) in [5.41, 5.74) is 0. The molecule has 1 unspecified atom stereocenters. The highest BCUT2D eigenvalue weighted by Gasteiger charge is 2.21. The Labute approximate surface area is 97.6 Å². The van der Waals surface area contributed by atoms with Crippen LogP contribution >= 0.6 is 11.3 Å². The van der Waals surface area contributed by atoms with E-state index in [2.05, 4.69) is 32.3 Å². The van der Waals surface area contributed by atoms with Gasteiger partial charge in [0.05, 0.1) is 6.10 Å². The molecule has 1 aliphatic rings. The number of hydrogen-bond donors (Lipinski definition) is 1. The van der Waals surface area contributed by atoms with Crippen LogP contribution < -0.4 is 0 Å². The minimum Gasteiger partial charge on any atom is -0.393 e. The number of fused-ring (bicyclic) bond motifs is 1. The van der Waals surface area contributed by atoms with Gasteiger partial charge in [0.1, 0.15) is 11.6 Å². The standard InChI is InChI=1S/C11H13N3OS/c15-8-3-4-14-10(6-8)12-13-11(14)7-9-2-1-5-16-9/h1-2,5,8,15H,3-4,6-7H2. The van der Waals surface area contributed by atoms with Gasteiger partial charge in [-0.3, -0.25) is 0 Å². The van der Waals surface area contributed by atoms with E-state index < -0.39 is 0 Å². The minimum atomic E-state index is -0.244. The minimum absolute atomic E-state index is 0.244. The first-order valence-electron chi connectivity index (χ1n) is 5.44. The van der Waals surface area contributed by atoms with E-state index in [0.717, 1.165) is 31.0 Å². The van der Waals surface area contributed by atoms with Crippen molar-refractivity contribution in [1.82, 2.24) is 14.8 Å². The Kier molecular flexibility index (Phi) is 2.49. The van der Waals surface area contributed by atoms with E-state index in [1.807, 2.05) is 0 Å². The molecule has 3 rings (SSSR count). The molecule has 0 fully saturated rings. The summed E-state index contributed by atoms with van der Waals surface area (Å²) >= 11 is 1.74. The number of nitrogens with zero attached hydrogens (tertiary/aromatic N) is 3. The maximum Gasteiger partial charge on any atom is 0.138 e. The summed E-state index contributed by atoms with van der Waals surface area (Å²) in [5.74, 6) is 1.94. The molecule has 0 saturated carbocycles. The van der Waals surface area contributed by atoms with Crippen molar-refractivity contribution in [1.29, 1.82) is 0 Å². The Morgan fingerprint density at radius 1 is 1.50 bits per heavy atom. The van der Waals surface area contributed by atoms with Crippen LogP contribution in [0.15, 0.2) is 17.5 Å². The molecule has 0 amide bonds. The number of aliphatic hydroxyl groups excluding tert-OH is 1. The second-order valence-electron chi connectivity index (χ2n) is 4.09. The van der Waals surface area contributed by atoms with Gasteiger partial charge in [0.25, 0.3) is 0 Å². The lowest BCUT2D eigenvalue weighted by atomic mass is 10.1. The lowest BCUT2D eigenvalue weighted by Crippen LogP contribution is -2.24. The van der Waals surface area contributed by atoms with Crippen LogP contribution in [0.4, 0.5) is 0 Å². The summed E-state index contributed by atoms with van der Waals surface area (Å²) in [6.45, 7) is 0.838. The Bertz CT molecular complexity index is 477. The molecule has 4 nitrogen and oxygen atoms in total. The largest absolute Gasteiger partial charge is 0.393 e. The zero-order chi connectivity index (χ0) is 11.0. The van der Waals surface area contributed by atoms with Crippen molar-refractivity contribution in [3.8, 4) is 0 Å². The van der Waals surface area contributed by atoms with Crippen molar-refractivity contribution >= 4 is 11.3 Å². The highest BCUT2D eigenvalue weighted by molar-refractivity contribution is 7.09. The molecule has 2 aromatic rings. The smallest absolute Gasteiger partial charge is 0.138 e. The first-order valence-corrected chi connectivity index (χ1v) is 6.32. The molecule has 0 bridgehead atoms. The molecule has 0 spiro atoms. The SMILES string of the molecule is OC1CCn2c(Cc3cccs3)nnc2C1. The third-order valence-electron chi connectivity index (χ3n) is 2.92. The van der Waals surface area contributed by atoms with Crippen LogP contribution in [0.1, 0.15) is 22.9 Å². The molecule has 0 aliphatic carbocycles. The molecule has 0 saturated heterocycles. The van der Waals surface area contributed by atoms with Gasteiger partial charge in [0.2, 0.25) is 0 Å². The number of hydrogen-bond acceptors (Lipinski definition) is 4. The van der Waals surface area contributed by atoms with Crippen molar-refractivity contribution in [2.75, 3.05) is 0 Å². The summed E-state index contributed by atoms with van der Waals surface area (Å²) in [6, 6.07) is 4.17. The van der Waals surface area contributed by atoms with Crippen LogP contribution in [-0.4, -0.2) is 26.0 Å². The maximum atomic E-state index is 9.54. The number of thiophene rings is 1. The average Bonchev–Trinajstić information content (AvgIpc) is 2.89. The fraction of sp³-hybridized carbons (Fsp3) is 0.455. The van der Waals surface area contributed by atoms with Crippen molar-refractivity contribution in [2.45, 2.75) is 31.9 Å². The van der Waals surface area contributed by atoms with E-state index in [1.54, 1.807) is 11.3 Å². The van der Waals surface area contributed by atoms with Crippen LogP contribution in [-0.2, 0) is 19.4 Å². The van der Waals surface area contributed by atoms with Gasteiger partial charge in [0, 0.05) is 24.3 Å². The van der Waals surface area contributed by atoms with Crippen LogP contribution in [0.25, 0.3) is 0 Å². The number of aliphatic hydroxyl groups is 1. The quantitative estimate of drug-likeness (QED) is 0.852. The van der Waals surface area contributed by atoms with Gasteiger partial charge in [-0.05, 0) is 17.9 Å². The zero-order valence-electron chi connectivity index (χ0n) is 8.83. The molecule has 16 heavy (non-hydrogen) atoms. The molecule has 2 aromatic heterocycles. The molecule has 1 atom stereocenters. The van der Waals surface area contributed by atoms with Crippen LogP contribution in [0.5, 0.6) is 0 Å². The predicted octanol–water partition coefficient (Wildman–Crippen LogP) is 1.24. The van der Waals surface area contributed by atoms with E-state index in [9.17, 15) is 5.11 Å². The average molecular weight is 235 g/mol. The summed E-state index contributed by atoms with van der Waals surface area (Å²) in [5, 5.41) is 20.0. The lowest BCUT2D eigenvalue weighted by Gasteiger charge is -2.19. The Hall–Kier alpha value is -1.20. The van der Waals surface area contributed by atoms with E-state index in [-0.39, 0.29) is 6.10 Å². The fourth-order valence-electron chi connectivity index (χ4n) is 2.07. The summed E-state index contributed by atoms with van der Waals surface area (Å²) < 4.78 is 2.15. The lowest BCUT2D eigenvalue weighted by molar-refractivity contribution is 0.141. The molecule has 5 heteroatoms. The predicted molar refractivity (Wildman–Crippen MR) is 61.5 cm³/mol. The van der Waals surface area contributed by atoms with E-state index >= 15 is 0 Å². The van der Waals surface area contributed by atoms with Crippen molar-refractivity contribution in [3.05, 3.63) is 34.0 Å². The van der Waals surface area contributed by atoms with Crippen LogP contribution in [0.2, 0.25) is 0 Å². The fourth-order valence-corrected chi connectivity index (χ4v) is 2.77. The highest BCUT2D eigenvalue weighted by atomic mass is 32.1. The van der Waals surface area contributed by atoms with E-state index in [1.165, 1.54) is 4.88 Å². The van der Waals surface area contributed by atoms with Crippen LogP contribution in [0.3, 0.4) is 0 Å². The second kappa shape index (κ2) is 3.99. The molecule has 1 N–H and O–H groups in total. The monoisotopic (exact) mass is 235 g/mol.